The van der Waals surface area contributed by atoms with E-state index >= 15 is 0 Å². The summed E-state index contributed by atoms with van der Waals surface area (Å²) in [4.78, 5) is 13.3. The lowest BCUT2D eigenvalue weighted by Gasteiger charge is -2.58. The number of carbonyl (C=O) groups excluding carboxylic acids is 1. The van der Waals surface area contributed by atoms with Gasteiger partial charge in [-0.3, -0.25) is 4.79 Å². The van der Waals surface area contributed by atoms with Gasteiger partial charge in [-0.05, 0) is 98.2 Å². The SMILES string of the molecule is COC(=O)[C@]12CC[C@H](O)CC1=CC[C@@H]1[C@@H]2CC[C@]2(C)[C@@H]([C@H](C)CC[C@H](C)C(C)C)CC[C@@H]12. The minimum absolute atomic E-state index is 0.0282. The molecule has 0 aromatic rings. The maximum Gasteiger partial charge on any atom is 0.316 e. The van der Waals surface area contributed by atoms with Gasteiger partial charge in [0.25, 0.3) is 0 Å². The number of aliphatic hydroxyl groups is 1. The van der Waals surface area contributed by atoms with Crippen LogP contribution in [0.1, 0.15) is 98.8 Å². The number of esters is 1. The Hall–Kier alpha value is -0.830. The van der Waals surface area contributed by atoms with Crippen molar-refractivity contribution >= 4 is 5.97 Å². The molecule has 0 unspecified atom stereocenters. The second kappa shape index (κ2) is 9.08. The summed E-state index contributed by atoms with van der Waals surface area (Å²) >= 11 is 0. The van der Waals surface area contributed by atoms with E-state index in [4.69, 9.17) is 4.74 Å². The van der Waals surface area contributed by atoms with Gasteiger partial charge in [0.1, 0.15) is 0 Å². The summed E-state index contributed by atoms with van der Waals surface area (Å²) in [6, 6.07) is 0. The van der Waals surface area contributed by atoms with Crippen LogP contribution in [-0.2, 0) is 9.53 Å². The Morgan fingerprint density at radius 3 is 2.53 bits per heavy atom. The Balaban J connectivity index is 1.56. The third-order valence-electron chi connectivity index (χ3n) is 11.1. The van der Waals surface area contributed by atoms with Crippen molar-refractivity contribution in [3.63, 3.8) is 0 Å². The third-order valence-corrected chi connectivity index (χ3v) is 11.1. The Kier molecular flexibility index (Phi) is 6.90. The van der Waals surface area contributed by atoms with Gasteiger partial charge >= 0.3 is 5.97 Å². The summed E-state index contributed by atoms with van der Waals surface area (Å²) in [5.74, 6) is 4.88. The van der Waals surface area contributed by atoms with Gasteiger partial charge in [-0.15, -0.1) is 0 Å². The molecule has 0 saturated heterocycles. The molecule has 0 spiro atoms. The highest BCUT2D eigenvalue weighted by Crippen LogP contribution is 2.67. The fourth-order valence-electron chi connectivity index (χ4n) is 8.89. The summed E-state index contributed by atoms with van der Waals surface area (Å²) in [6.07, 6.45) is 13.1. The van der Waals surface area contributed by atoms with Crippen molar-refractivity contribution < 1.29 is 14.6 Å². The predicted octanol–water partition coefficient (Wildman–Crippen LogP) is 6.79. The van der Waals surface area contributed by atoms with Gasteiger partial charge in [-0.2, -0.15) is 0 Å². The Morgan fingerprint density at radius 2 is 1.84 bits per heavy atom. The van der Waals surface area contributed by atoms with Crippen LogP contribution in [0.4, 0.5) is 0 Å². The van der Waals surface area contributed by atoms with Crippen molar-refractivity contribution in [3.8, 4) is 0 Å². The molecule has 3 heteroatoms. The number of allylic oxidation sites excluding steroid dienone is 1. The maximum absolute atomic E-state index is 13.3. The van der Waals surface area contributed by atoms with E-state index in [1.54, 1.807) is 7.11 Å². The van der Waals surface area contributed by atoms with Gasteiger partial charge in [-0.1, -0.05) is 59.1 Å². The summed E-state index contributed by atoms with van der Waals surface area (Å²) in [6.45, 7) is 12.3. The molecule has 9 atom stereocenters. The highest BCUT2D eigenvalue weighted by Gasteiger charge is 2.62. The first-order chi connectivity index (χ1) is 15.1. The Morgan fingerprint density at radius 1 is 1.09 bits per heavy atom. The highest BCUT2D eigenvalue weighted by atomic mass is 16.5. The third kappa shape index (κ3) is 3.79. The van der Waals surface area contributed by atoms with Crippen LogP contribution in [0.25, 0.3) is 0 Å². The maximum atomic E-state index is 13.3. The lowest BCUT2D eigenvalue weighted by atomic mass is 9.46. The number of hydrogen-bond donors (Lipinski definition) is 1. The first-order valence-electron chi connectivity index (χ1n) is 13.6. The monoisotopic (exact) mass is 444 g/mol. The molecule has 4 aliphatic rings. The highest BCUT2D eigenvalue weighted by molar-refractivity contribution is 5.82. The number of rotatable bonds is 6. The lowest BCUT2D eigenvalue weighted by Crippen LogP contribution is -2.55. The number of carbonyl (C=O) groups is 1. The molecule has 4 aliphatic carbocycles. The van der Waals surface area contributed by atoms with Gasteiger partial charge in [0.15, 0.2) is 0 Å². The number of ether oxygens (including phenoxy) is 1. The average molecular weight is 445 g/mol. The average Bonchev–Trinajstić information content (AvgIpc) is 3.13. The molecule has 182 valence electrons. The minimum atomic E-state index is -0.464. The number of aliphatic hydroxyl groups excluding tert-OH is 1. The quantitative estimate of drug-likeness (QED) is 0.362. The van der Waals surface area contributed by atoms with Gasteiger partial charge in [0.2, 0.25) is 0 Å². The van der Waals surface area contributed by atoms with Crippen molar-refractivity contribution in [2.75, 3.05) is 7.11 Å². The zero-order valence-corrected chi connectivity index (χ0v) is 21.5. The molecule has 1 N–H and O–H groups in total. The standard InChI is InChI=1S/C29H48O3/c1-18(2)19(3)7-8-20(4)24-11-12-25-23-10-9-21-17-22(30)13-16-29(21,27(31)32-6)26(23)14-15-28(24,25)5/h9,18-20,22-26,30H,7-8,10-17H2,1-6H3/t19-,20+,22-,23-,24+,25-,26-,28+,29+/m0/s1. The Labute approximate surface area is 196 Å². The number of methoxy groups -OCH3 is 1. The van der Waals surface area contributed by atoms with Gasteiger partial charge in [0.05, 0.1) is 18.6 Å². The smallest absolute Gasteiger partial charge is 0.316 e. The van der Waals surface area contributed by atoms with Gasteiger partial charge in [0, 0.05) is 0 Å². The van der Waals surface area contributed by atoms with Crippen LogP contribution in [0.5, 0.6) is 0 Å². The molecule has 32 heavy (non-hydrogen) atoms. The largest absolute Gasteiger partial charge is 0.468 e. The van der Waals surface area contributed by atoms with Gasteiger partial charge < -0.3 is 9.84 Å². The fraction of sp³-hybridized carbons (Fsp3) is 0.897. The lowest BCUT2D eigenvalue weighted by molar-refractivity contribution is -0.163. The normalized spacial score (nSPS) is 43.0. The number of hydrogen-bond acceptors (Lipinski definition) is 3. The minimum Gasteiger partial charge on any atom is -0.468 e. The van der Waals surface area contributed by atoms with Gasteiger partial charge in [-0.25, -0.2) is 0 Å². The fourth-order valence-corrected chi connectivity index (χ4v) is 8.89. The molecule has 0 bridgehead atoms. The summed E-state index contributed by atoms with van der Waals surface area (Å²) < 4.78 is 5.44. The molecule has 0 aromatic carbocycles. The molecular weight excluding hydrogens is 396 g/mol. The summed E-state index contributed by atoms with van der Waals surface area (Å²) in [7, 11) is 1.56. The zero-order valence-electron chi connectivity index (χ0n) is 21.5. The molecule has 0 amide bonds. The van der Waals surface area contributed by atoms with Crippen LogP contribution >= 0.6 is 0 Å². The first kappa shape index (κ1) is 24.3. The van der Waals surface area contributed by atoms with Crippen molar-refractivity contribution in [1.82, 2.24) is 0 Å². The summed E-state index contributed by atoms with van der Waals surface area (Å²) in [5.41, 5.74) is 1.14. The van der Waals surface area contributed by atoms with E-state index in [-0.39, 0.29) is 12.1 Å². The van der Waals surface area contributed by atoms with Crippen LogP contribution in [-0.4, -0.2) is 24.3 Å². The van der Waals surface area contributed by atoms with E-state index in [1.165, 1.54) is 37.7 Å². The summed E-state index contributed by atoms with van der Waals surface area (Å²) in [5, 5.41) is 10.3. The van der Waals surface area contributed by atoms with Crippen LogP contribution in [0.3, 0.4) is 0 Å². The molecule has 4 rings (SSSR count). The van der Waals surface area contributed by atoms with Crippen LogP contribution in [0.15, 0.2) is 11.6 Å². The van der Waals surface area contributed by atoms with Crippen molar-refractivity contribution in [2.45, 2.75) is 105 Å². The topological polar surface area (TPSA) is 46.5 Å². The second-order valence-corrected chi connectivity index (χ2v) is 12.7. The van der Waals surface area contributed by atoms with E-state index in [0.29, 0.717) is 23.7 Å². The number of fused-ring (bicyclic) bond motifs is 5. The molecule has 0 heterocycles. The first-order valence-corrected chi connectivity index (χ1v) is 13.6. The van der Waals surface area contributed by atoms with E-state index in [0.717, 1.165) is 55.3 Å². The predicted molar refractivity (Wildman–Crippen MR) is 130 cm³/mol. The molecule has 0 radical (unpaired) electrons. The van der Waals surface area contributed by atoms with E-state index in [9.17, 15) is 9.90 Å². The molecule has 3 saturated carbocycles. The van der Waals surface area contributed by atoms with E-state index in [1.807, 2.05) is 0 Å². The Bertz CT molecular complexity index is 726. The molecule has 3 fully saturated rings. The van der Waals surface area contributed by atoms with E-state index in [2.05, 4.69) is 40.7 Å². The van der Waals surface area contributed by atoms with Crippen LogP contribution in [0, 0.1) is 52.3 Å². The molecular formula is C29H48O3. The van der Waals surface area contributed by atoms with E-state index < -0.39 is 5.41 Å². The van der Waals surface area contributed by atoms with Crippen molar-refractivity contribution in [2.24, 2.45) is 52.3 Å². The van der Waals surface area contributed by atoms with Crippen molar-refractivity contribution in [1.29, 1.82) is 0 Å². The zero-order chi connectivity index (χ0) is 23.3. The van der Waals surface area contributed by atoms with Crippen LogP contribution < -0.4 is 0 Å². The van der Waals surface area contributed by atoms with Crippen LogP contribution in [0.2, 0.25) is 0 Å². The molecule has 3 nitrogen and oxygen atoms in total. The van der Waals surface area contributed by atoms with Crippen molar-refractivity contribution in [3.05, 3.63) is 11.6 Å². The second-order valence-electron chi connectivity index (χ2n) is 12.7. The molecule has 0 aliphatic heterocycles. The molecule has 0 aromatic heterocycles.